The second kappa shape index (κ2) is 6.12. The number of hydrogen-bond acceptors (Lipinski definition) is 4. The number of H-pyrrole nitrogens is 1. The van der Waals surface area contributed by atoms with Crippen LogP contribution in [-0.4, -0.2) is 19.9 Å². The number of aromatic nitrogens is 4. The molecule has 0 spiro atoms. The van der Waals surface area contributed by atoms with E-state index >= 15 is 0 Å². The zero-order chi connectivity index (χ0) is 16.4. The molecule has 0 unspecified atom stereocenters. The molecule has 3 aromatic heterocycles. The lowest BCUT2D eigenvalue weighted by atomic mass is 10.1. The number of benzene rings is 1. The fraction of sp³-hybridized carbons (Fsp3) is 0.105. The molecule has 0 atom stereocenters. The van der Waals surface area contributed by atoms with Crippen LogP contribution in [0.3, 0.4) is 0 Å². The molecule has 24 heavy (non-hydrogen) atoms. The number of nitrogens with zero attached hydrogens (tertiary/aromatic N) is 3. The van der Waals surface area contributed by atoms with Crippen LogP contribution in [-0.2, 0) is 6.42 Å². The molecule has 0 amide bonds. The van der Waals surface area contributed by atoms with E-state index in [0.29, 0.717) is 5.95 Å². The van der Waals surface area contributed by atoms with E-state index in [9.17, 15) is 0 Å². The van der Waals surface area contributed by atoms with E-state index in [1.807, 2.05) is 42.6 Å². The lowest BCUT2D eigenvalue weighted by molar-refractivity contribution is 1.12. The van der Waals surface area contributed by atoms with E-state index in [1.54, 1.807) is 12.4 Å². The minimum absolute atomic E-state index is 0.589. The van der Waals surface area contributed by atoms with Crippen molar-refractivity contribution in [3.63, 3.8) is 0 Å². The van der Waals surface area contributed by atoms with Crippen LogP contribution in [0.15, 0.2) is 61.1 Å². The number of anilines is 2. The van der Waals surface area contributed by atoms with Crippen molar-refractivity contribution in [3.8, 4) is 11.3 Å². The van der Waals surface area contributed by atoms with Gasteiger partial charge in [-0.3, -0.25) is 0 Å². The highest BCUT2D eigenvalue weighted by Crippen LogP contribution is 2.27. The largest absolute Gasteiger partial charge is 0.345 e. The van der Waals surface area contributed by atoms with E-state index in [0.717, 1.165) is 34.4 Å². The summed E-state index contributed by atoms with van der Waals surface area (Å²) in [7, 11) is 0. The number of para-hydroxylation sites is 1. The van der Waals surface area contributed by atoms with E-state index in [4.69, 9.17) is 0 Å². The van der Waals surface area contributed by atoms with Gasteiger partial charge in [-0.2, -0.15) is 0 Å². The quantitative estimate of drug-likeness (QED) is 0.588. The lowest BCUT2D eigenvalue weighted by Gasteiger charge is -2.10. The number of fused-ring (bicyclic) bond motifs is 1. The van der Waals surface area contributed by atoms with Gasteiger partial charge in [0.05, 0.1) is 5.69 Å². The van der Waals surface area contributed by atoms with Crippen molar-refractivity contribution in [2.75, 3.05) is 5.32 Å². The molecule has 0 fully saturated rings. The highest BCUT2D eigenvalue weighted by atomic mass is 15.1. The maximum atomic E-state index is 4.67. The van der Waals surface area contributed by atoms with Gasteiger partial charge in [-0.05, 0) is 36.2 Å². The van der Waals surface area contributed by atoms with Crippen LogP contribution in [0.1, 0.15) is 12.5 Å². The maximum Gasteiger partial charge on any atom is 0.227 e. The number of aromatic amines is 1. The molecule has 118 valence electrons. The molecule has 0 saturated heterocycles. The molecular weight excluding hydrogens is 298 g/mol. The fourth-order valence-electron chi connectivity index (χ4n) is 2.81. The minimum atomic E-state index is 0.589. The third-order valence-electron chi connectivity index (χ3n) is 4.03. The molecule has 3 heterocycles. The second-order valence-corrected chi connectivity index (χ2v) is 5.50. The summed E-state index contributed by atoms with van der Waals surface area (Å²) < 4.78 is 0. The second-order valence-electron chi connectivity index (χ2n) is 5.50. The van der Waals surface area contributed by atoms with E-state index in [1.165, 1.54) is 5.56 Å². The first-order chi connectivity index (χ1) is 11.8. The van der Waals surface area contributed by atoms with Gasteiger partial charge in [-0.1, -0.05) is 25.1 Å². The summed E-state index contributed by atoms with van der Waals surface area (Å²) in [6.07, 6.45) is 6.44. The summed E-state index contributed by atoms with van der Waals surface area (Å²) in [5, 5.41) is 4.38. The molecule has 0 aliphatic heterocycles. The Morgan fingerprint density at radius 3 is 2.83 bits per heavy atom. The van der Waals surface area contributed by atoms with Crippen molar-refractivity contribution in [3.05, 3.63) is 66.6 Å². The third kappa shape index (κ3) is 2.60. The van der Waals surface area contributed by atoms with Crippen molar-refractivity contribution in [1.82, 2.24) is 19.9 Å². The van der Waals surface area contributed by atoms with E-state index in [2.05, 4.69) is 38.2 Å². The Morgan fingerprint density at radius 1 is 1.00 bits per heavy atom. The predicted octanol–water partition coefficient (Wildman–Crippen LogP) is 4.33. The smallest absolute Gasteiger partial charge is 0.227 e. The fourth-order valence-corrected chi connectivity index (χ4v) is 2.81. The molecule has 0 saturated carbocycles. The van der Waals surface area contributed by atoms with Gasteiger partial charge in [-0.25, -0.2) is 15.0 Å². The first kappa shape index (κ1) is 14.4. The van der Waals surface area contributed by atoms with Crippen LogP contribution in [0.2, 0.25) is 0 Å². The summed E-state index contributed by atoms with van der Waals surface area (Å²) in [4.78, 5) is 16.5. The average molecular weight is 315 g/mol. The zero-order valence-electron chi connectivity index (χ0n) is 13.3. The monoisotopic (exact) mass is 315 g/mol. The van der Waals surface area contributed by atoms with Gasteiger partial charge in [0.15, 0.2) is 0 Å². The number of aryl methyl sites for hydroxylation is 1. The minimum Gasteiger partial charge on any atom is -0.345 e. The molecule has 2 N–H and O–H groups in total. The number of pyridine rings is 1. The Kier molecular flexibility index (Phi) is 3.67. The SMILES string of the molecule is CCc1ccccc1Nc1nccc(-c2c[nH]c3ncccc23)n1. The van der Waals surface area contributed by atoms with Crippen LogP contribution in [0.5, 0.6) is 0 Å². The Bertz CT molecular complexity index is 990. The van der Waals surface area contributed by atoms with Gasteiger partial charge in [0.1, 0.15) is 5.65 Å². The van der Waals surface area contributed by atoms with E-state index < -0.39 is 0 Å². The molecule has 0 aliphatic rings. The van der Waals surface area contributed by atoms with Crippen LogP contribution in [0, 0.1) is 0 Å². The first-order valence-electron chi connectivity index (χ1n) is 7.95. The predicted molar refractivity (Wildman–Crippen MR) is 96.2 cm³/mol. The van der Waals surface area contributed by atoms with Crippen molar-refractivity contribution < 1.29 is 0 Å². The highest BCUT2D eigenvalue weighted by Gasteiger charge is 2.09. The zero-order valence-corrected chi connectivity index (χ0v) is 13.3. The summed E-state index contributed by atoms with van der Waals surface area (Å²) >= 11 is 0. The van der Waals surface area contributed by atoms with Crippen LogP contribution < -0.4 is 5.32 Å². The Hall–Kier alpha value is -3.21. The molecule has 1 aromatic carbocycles. The molecule has 5 heteroatoms. The number of nitrogens with one attached hydrogen (secondary N) is 2. The Balaban J connectivity index is 1.71. The molecule has 0 aliphatic carbocycles. The van der Waals surface area contributed by atoms with Gasteiger partial charge in [-0.15, -0.1) is 0 Å². The molecule has 4 aromatic rings. The Morgan fingerprint density at radius 2 is 1.92 bits per heavy atom. The lowest BCUT2D eigenvalue weighted by Crippen LogP contribution is -2.00. The van der Waals surface area contributed by atoms with Crippen molar-refractivity contribution in [2.45, 2.75) is 13.3 Å². The third-order valence-corrected chi connectivity index (χ3v) is 4.03. The van der Waals surface area contributed by atoms with Crippen LogP contribution in [0.25, 0.3) is 22.3 Å². The standard InChI is InChI=1S/C19H17N5/c1-2-13-6-3-4-8-16(13)23-19-21-11-9-17(24-19)15-12-22-18-14(15)7-5-10-20-18/h3-12H,2H2,1H3,(H,20,22)(H,21,23,24). The molecule has 4 rings (SSSR count). The van der Waals surface area contributed by atoms with Gasteiger partial charge in [0.2, 0.25) is 5.95 Å². The maximum absolute atomic E-state index is 4.67. The topological polar surface area (TPSA) is 66.5 Å². The van der Waals surface area contributed by atoms with Gasteiger partial charge in [0.25, 0.3) is 0 Å². The van der Waals surface area contributed by atoms with E-state index in [-0.39, 0.29) is 0 Å². The van der Waals surface area contributed by atoms with Crippen molar-refractivity contribution in [2.24, 2.45) is 0 Å². The van der Waals surface area contributed by atoms with Gasteiger partial charge < -0.3 is 10.3 Å². The van der Waals surface area contributed by atoms with Gasteiger partial charge in [0, 0.05) is 35.2 Å². The van der Waals surface area contributed by atoms with Crippen LogP contribution >= 0.6 is 0 Å². The molecule has 0 bridgehead atoms. The van der Waals surface area contributed by atoms with Crippen molar-refractivity contribution in [1.29, 1.82) is 0 Å². The molecule has 5 nitrogen and oxygen atoms in total. The summed E-state index contributed by atoms with van der Waals surface area (Å²) in [5.41, 5.74) is 5.02. The first-order valence-corrected chi connectivity index (χ1v) is 7.95. The van der Waals surface area contributed by atoms with Crippen molar-refractivity contribution >= 4 is 22.7 Å². The summed E-state index contributed by atoms with van der Waals surface area (Å²) in [6.45, 7) is 2.14. The summed E-state index contributed by atoms with van der Waals surface area (Å²) in [6, 6.07) is 14.1. The molecular formula is C19H17N5. The Labute approximate surface area is 139 Å². The summed E-state index contributed by atoms with van der Waals surface area (Å²) in [5.74, 6) is 0.589. The molecule has 0 radical (unpaired) electrons. The van der Waals surface area contributed by atoms with Gasteiger partial charge >= 0.3 is 0 Å². The normalized spacial score (nSPS) is 10.9. The van der Waals surface area contributed by atoms with Crippen LogP contribution in [0.4, 0.5) is 11.6 Å². The highest BCUT2D eigenvalue weighted by molar-refractivity contribution is 5.92. The number of hydrogen-bond donors (Lipinski definition) is 2. The average Bonchev–Trinajstić information content (AvgIpc) is 3.06. The number of rotatable bonds is 4.